The number of nitrogens with zero attached hydrogens (tertiary/aromatic N) is 5. The topological polar surface area (TPSA) is 87.1 Å². The van der Waals surface area contributed by atoms with Crippen LogP contribution in [0, 0.1) is 0 Å². The minimum absolute atomic E-state index is 0.143. The monoisotopic (exact) mass is 356 g/mol. The number of H-pyrrole nitrogens is 1. The van der Waals surface area contributed by atoms with Crippen LogP contribution in [0.25, 0.3) is 0 Å². The summed E-state index contributed by atoms with van der Waals surface area (Å²) in [5, 5.41) is 4.10. The van der Waals surface area contributed by atoms with Gasteiger partial charge in [-0.3, -0.25) is 19.2 Å². The smallest absolute Gasteiger partial charge is 0.261 e. The third-order valence-corrected chi connectivity index (χ3v) is 5.34. The van der Waals surface area contributed by atoms with Gasteiger partial charge in [0.1, 0.15) is 18.2 Å². The second kappa shape index (κ2) is 7.41. The standard InChI is InChI=1S/C18H24N6O2/c25-17-15(11-14-3-1-2-4-16(14)21-17)18(26)23-8-5-22(6-9-23)7-10-24-13-19-12-20-24/h11-13H,1-10H2,(H,21,25). The van der Waals surface area contributed by atoms with Gasteiger partial charge in [0.2, 0.25) is 0 Å². The van der Waals surface area contributed by atoms with Gasteiger partial charge >= 0.3 is 0 Å². The van der Waals surface area contributed by atoms with Gasteiger partial charge in [-0.1, -0.05) is 0 Å². The molecule has 26 heavy (non-hydrogen) atoms. The molecule has 0 atom stereocenters. The van der Waals surface area contributed by atoms with Gasteiger partial charge in [-0.2, -0.15) is 5.10 Å². The summed E-state index contributed by atoms with van der Waals surface area (Å²) in [5.74, 6) is -0.143. The summed E-state index contributed by atoms with van der Waals surface area (Å²) >= 11 is 0. The van der Waals surface area contributed by atoms with Gasteiger partial charge in [0.25, 0.3) is 11.5 Å². The molecule has 4 rings (SSSR count). The van der Waals surface area contributed by atoms with Crippen LogP contribution in [-0.2, 0) is 19.4 Å². The molecule has 0 radical (unpaired) electrons. The summed E-state index contributed by atoms with van der Waals surface area (Å²) in [7, 11) is 0. The van der Waals surface area contributed by atoms with E-state index in [2.05, 4.69) is 20.0 Å². The van der Waals surface area contributed by atoms with Gasteiger partial charge in [-0.15, -0.1) is 0 Å². The number of aromatic nitrogens is 4. The Morgan fingerprint density at radius 2 is 1.92 bits per heavy atom. The molecule has 8 nitrogen and oxygen atoms in total. The first-order valence-corrected chi connectivity index (χ1v) is 9.30. The number of hydrogen-bond acceptors (Lipinski definition) is 5. The third kappa shape index (κ3) is 3.55. The van der Waals surface area contributed by atoms with Crippen LogP contribution in [0.3, 0.4) is 0 Å². The second-order valence-corrected chi connectivity index (χ2v) is 7.02. The zero-order valence-corrected chi connectivity index (χ0v) is 14.9. The van der Waals surface area contributed by atoms with E-state index in [-0.39, 0.29) is 11.5 Å². The van der Waals surface area contributed by atoms with E-state index < -0.39 is 0 Å². The Labute approximate surface area is 151 Å². The molecular weight excluding hydrogens is 332 g/mol. The second-order valence-electron chi connectivity index (χ2n) is 7.02. The van der Waals surface area contributed by atoms with Crippen molar-refractivity contribution < 1.29 is 4.79 Å². The van der Waals surface area contributed by atoms with Crippen LogP contribution >= 0.6 is 0 Å². The van der Waals surface area contributed by atoms with E-state index in [0.717, 1.165) is 63.1 Å². The van der Waals surface area contributed by atoms with Gasteiger partial charge < -0.3 is 9.88 Å². The van der Waals surface area contributed by atoms with Crippen LogP contribution in [0.15, 0.2) is 23.5 Å². The number of carbonyl (C=O) groups is 1. The molecule has 0 spiro atoms. The van der Waals surface area contributed by atoms with Gasteiger partial charge in [0, 0.05) is 38.4 Å². The maximum absolute atomic E-state index is 12.8. The predicted octanol–water partition coefficient (Wildman–Crippen LogP) is 0.303. The molecule has 3 heterocycles. The zero-order valence-electron chi connectivity index (χ0n) is 14.9. The van der Waals surface area contributed by atoms with Crippen molar-refractivity contribution >= 4 is 5.91 Å². The molecule has 8 heteroatoms. The maximum atomic E-state index is 12.8. The average Bonchev–Trinajstić information content (AvgIpc) is 3.19. The van der Waals surface area contributed by atoms with Crippen molar-refractivity contribution in [1.29, 1.82) is 0 Å². The highest BCUT2D eigenvalue weighted by Crippen LogP contribution is 2.19. The number of carbonyl (C=O) groups excluding carboxylic acids is 1. The summed E-state index contributed by atoms with van der Waals surface area (Å²) < 4.78 is 1.81. The van der Waals surface area contributed by atoms with Crippen LogP contribution in [0.2, 0.25) is 0 Å². The van der Waals surface area contributed by atoms with E-state index in [1.807, 2.05) is 10.7 Å². The fraction of sp³-hybridized carbons (Fsp3) is 0.556. The number of amides is 1. The van der Waals surface area contributed by atoms with E-state index in [9.17, 15) is 9.59 Å². The SMILES string of the molecule is O=C(c1cc2c([nH]c1=O)CCCC2)N1CCN(CCn2cncn2)CC1. The maximum Gasteiger partial charge on any atom is 0.261 e. The Balaban J connectivity index is 1.37. The zero-order chi connectivity index (χ0) is 17.9. The first kappa shape index (κ1) is 17.0. The lowest BCUT2D eigenvalue weighted by atomic mass is 9.95. The van der Waals surface area contributed by atoms with Crippen molar-refractivity contribution in [3.8, 4) is 0 Å². The first-order chi connectivity index (χ1) is 12.7. The number of nitrogens with one attached hydrogen (secondary N) is 1. The highest BCUT2D eigenvalue weighted by atomic mass is 16.2. The summed E-state index contributed by atoms with van der Waals surface area (Å²) in [5.41, 5.74) is 2.19. The third-order valence-electron chi connectivity index (χ3n) is 5.34. The van der Waals surface area contributed by atoms with Crippen LogP contribution < -0.4 is 5.56 Å². The summed E-state index contributed by atoms with van der Waals surface area (Å²) in [6, 6.07) is 1.83. The van der Waals surface area contributed by atoms with E-state index in [1.165, 1.54) is 6.33 Å². The Bertz CT molecular complexity index is 821. The first-order valence-electron chi connectivity index (χ1n) is 9.30. The number of pyridine rings is 1. The highest BCUT2D eigenvalue weighted by Gasteiger charge is 2.25. The van der Waals surface area contributed by atoms with Gasteiger partial charge in [-0.05, 0) is 37.3 Å². The Morgan fingerprint density at radius 3 is 2.69 bits per heavy atom. The van der Waals surface area contributed by atoms with Crippen LogP contribution in [-0.4, -0.2) is 68.2 Å². The molecule has 2 aromatic rings. The van der Waals surface area contributed by atoms with E-state index >= 15 is 0 Å². The molecule has 2 aromatic heterocycles. The summed E-state index contributed by atoms with van der Waals surface area (Å²) in [6.45, 7) is 4.58. The molecule has 1 aliphatic carbocycles. The van der Waals surface area contributed by atoms with Crippen molar-refractivity contribution in [3.05, 3.63) is 45.9 Å². The highest BCUT2D eigenvalue weighted by molar-refractivity contribution is 5.94. The number of fused-ring (bicyclic) bond motifs is 1. The van der Waals surface area contributed by atoms with Crippen molar-refractivity contribution in [2.75, 3.05) is 32.7 Å². The number of aromatic amines is 1. The largest absolute Gasteiger partial charge is 0.336 e. The Kier molecular flexibility index (Phi) is 4.83. The minimum Gasteiger partial charge on any atom is -0.336 e. The number of hydrogen-bond donors (Lipinski definition) is 1. The molecule has 0 saturated carbocycles. The van der Waals surface area contributed by atoms with Gasteiger partial charge in [-0.25, -0.2) is 4.98 Å². The van der Waals surface area contributed by atoms with E-state index in [4.69, 9.17) is 0 Å². The fourth-order valence-electron chi connectivity index (χ4n) is 3.77. The molecule has 0 bridgehead atoms. The lowest BCUT2D eigenvalue weighted by Crippen LogP contribution is -2.50. The van der Waals surface area contributed by atoms with E-state index in [1.54, 1.807) is 11.2 Å². The summed E-state index contributed by atoms with van der Waals surface area (Å²) in [4.78, 5) is 36.1. The molecule has 1 amide bonds. The molecule has 0 unspecified atom stereocenters. The van der Waals surface area contributed by atoms with Gasteiger partial charge in [0.15, 0.2) is 0 Å². The molecule has 1 fully saturated rings. The molecule has 1 N–H and O–H groups in total. The lowest BCUT2D eigenvalue weighted by Gasteiger charge is -2.34. The van der Waals surface area contributed by atoms with Crippen molar-refractivity contribution in [3.63, 3.8) is 0 Å². The number of piperazine rings is 1. The summed E-state index contributed by atoms with van der Waals surface area (Å²) in [6.07, 6.45) is 7.32. The molecule has 1 saturated heterocycles. The molecular formula is C18H24N6O2. The van der Waals surface area contributed by atoms with Crippen LogP contribution in [0.4, 0.5) is 0 Å². The molecule has 138 valence electrons. The van der Waals surface area contributed by atoms with Crippen molar-refractivity contribution in [2.45, 2.75) is 32.2 Å². The number of aryl methyl sites for hydroxylation is 2. The van der Waals surface area contributed by atoms with Gasteiger partial charge in [0.05, 0.1) is 6.54 Å². The fourth-order valence-corrected chi connectivity index (χ4v) is 3.77. The lowest BCUT2D eigenvalue weighted by molar-refractivity contribution is 0.0630. The minimum atomic E-state index is -0.246. The van der Waals surface area contributed by atoms with Crippen LogP contribution in [0.5, 0.6) is 0 Å². The number of rotatable bonds is 4. The normalized spacial score (nSPS) is 17.9. The predicted molar refractivity (Wildman–Crippen MR) is 96.1 cm³/mol. The Hall–Kier alpha value is -2.48. The van der Waals surface area contributed by atoms with Crippen molar-refractivity contribution in [1.82, 2.24) is 29.5 Å². The quantitative estimate of drug-likeness (QED) is 0.852. The molecule has 1 aliphatic heterocycles. The van der Waals surface area contributed by atoms with Crippen molar-refractivity contribution in [2.24, 2.45) is 0 Å². The van der Waals surface area contributed by atoms with Crippen LogP contribution in [0.1, 0.15) is 34.5 Å². The molecule has 2 aliphatic rings. The molecule has 0 aromatic carbocycles. The van der Waals surface area contributed by atoms with E-state index in [0.29, 0.717) is 18.7 Å². The average molecular weight is 356 g/mol. The Morgan fingerprint density at radius 1 is 1.12 bits per heavy atom.